The molecule has 3 aromatic carbocycles. The van der Waals surface area contributed by atoms with E-state index in [1.165, 1.54) is 44.2 Å². The highest BCUT2D eigenvalue weighted by atomic mass is 32.2. The van der Waals surface area contributed by atoms with Crippen molar-refractivity contribution < 1.29 is 59.3 Å². The van der Waals surface area contributed by atoms with Crippen LogP contribution in [-0.4, -0.2) is 46.7 Å². The van der Waals surface area contributed by atoms with Crippen molar-refractivity contribution in [2.75, 3.05) is 0 Å². The van der Waals surface area contributed by atoms with E-state index < -0.39 is 34.1 Å². The molecule has 3 unspecified atom stereocenters. The minimum atomic E-state index is -2.72. The average Bonchev–Trinajstić information content (AvgIpc) is 2.93. The summed E-state index contributed by atoms with van der Waals surface area (Å²) in [4.78, 5) is 0. The van der Waals surface area contributed by atoms with Gasteiger partial charge >= 0.3 is 34.1 Å². The number of aliphatic hydroxyl groups excluding tert-OH is 1. The molecule has 7 N–H and O–H groups in total. The number of aliphatic hydroxyl groups is 1. The lowest BCUT2D eigenvalue weighted by Gasteiger charge is -2.16. The molecule has 0 saturated heterocycles. The zero-order valence-corrected chi connectivity index (χ0v) is 26.7. The molecule has 16 heteroatoms. The molecule has 0 amide bonds. The largest absolute Gasteiger partial charge is 0.512 e. The van der Waals surface area contributed by atoms with Crippen molar-refractivity contribution in [3.05, 3.63) is 99.0 Å². The second-order valence-electron chi connectivity index (χ2n) is 9.76. The van der Waals surface area contributed by atoms with Gasteiger partial charge in [-0.15, -0.1) is 0 Å². The molecule has 0 radical (unpaired) electrons. The van der Waals surface area contributed by atoms with Crippen molar-refractivity contribution in [2.45, 2.75) is 46.5 Å². The number of phenols is 3. The average molecular weight is 685 g/mol. The molecule has 13 nitrogen and oxygen atoms in total. The van der Waals surface area contributed by atoms with E-state index in [1.54, 1.807) is 25.1 Å². The number of hydrogen-bond donors (Lipinski definition) is 7. The molecule has 0 spiro atoms. The van der Waals surface area contributed by atoms with Crippen LogP contribution >= 0.6 is 0 Å². The molecule has 0 aliphatic rings. The summed E-state index contributed by atoms with van der Waals surface area (Å²) in [5, 5.41) is 43.4. The zero-order chi connectivity index (χ0) is 33.4. The summed E-state index contributed by atoms with van der Waals surface area (Å²) in [6.07, 6.45) is 1.46. The Morgan fingerprint density at radius 1 is 0.711 bits per heavy atom. The second kappa shape index (κ2) is 15.9. The third-order valence-electron chi connectivity index (χ3n) is 6.59. The van der Waals surface area contributed by atoms with Gasteiger partial charge in [0.1, 0.15) is 34.5 Å². The van der Waals surface area contributed by atoms with Gasteiger partial charge in [0.15, 0.2) is 0 Å². The highest BCUT2D eigenvalue weighted by Gasteiger charge is 2.19. The van der Waals surface area contributed by atoms with Crippen LogP contribution in [-0.2, 0) is 64.0 Å². The summed E-state index contributed by atoms with van der Waals surface area (Å²) in [6, 6.07) is 10.1. The molecule has 45 heavy (non-hydrogen) atoms. The van der Waals surface area contributed by atoms with Crippen molar-refractivity contribution >= 4 is 34.1 Å². The number of para-hydroxylation sites is 1. The Morgan fingerprint density at radius 2 is 1.16 bits per heavy atom. The normalized spacial score (nSPS) is 14.3. The lowest BCUT2D eigenvalue weighted by atomic mass is 9.93. The predicted molar refractivity (Wildman–Crippen MR) is 167 cm³/mol. The number of aryl methyl sites for hydroxylation is 1. The first-order valence-corrected chi connectivity index (χ1v) is 16.2. The van der Waals surface area contributed by atoms with Gasteiger partial charge in [0.25, 0.3) is 0 Å². The molecule has 3 atom stereocenters. The fraction of sp³-hybridized carbons (Fsp3) is 0.241. The third kappa shape index (κ3) is 10.0. The molecule has 0 aliphatic carbocycles. The third-order valence-corrected chi connectivity index (χ3v) is 7.66. The zero-order valence-electron chi connectivity index (χ0n) is 24.3. The lowest BCUT2D eigenvalue weighted by Crippen LogP contribution is -2.03. The Labute approximate surface area is 266 Å². The van der Waals surface area contributed by atoms with Crippen molar-refractivity contribution in [3.63, 3.8) is 0 Å². The van der Waals surface area contributed by atoms with Gasteiger partial charge in [-0.2, -0.15) is 12.6 Å². The standard InChI is InChI=1S/C29H32O13S3/c1-4-18-12-25(41-44(36)37)14-23(27(18)31)11-24-15-26(42-45(38)39)13-22(29(24)33)10-20-7-5-6-19(28(20)32)9-21(17(3)30)8-16(2)40-43(34)35/h5-8,12-15,30-33H,4,9-11H2,1-3H3,(H,34,35)(H,36,37)(H,38,39)/b16-8+,21-17-. The van der Waals surface area contributed by atoms with Crippen LogP contribution in [0.5, 0.6) is 28.7 Å². The summed E-state index contributed by atoms with van der Waals surface area (Å²) in [6.45, 7) is 4.57. The van der Waals surface area contributed by atoms with Crippen LogP contribution in [0.15, 0.2) is 65.6 Å². The van der Waals surface area contributed by atoms with Crippen LogP contribution in [0.3, 0.4) is 0 Å². The Morgan fingerprint density at radius 3 is 1.62 bits per heavy atom. The maximum absolute atomic E-state index is 11.5. The van der Waals surface area contributed by atoms with Crippen LogP contribution in [0.25, 0.3) is 0 Å². The quantitative estimate of drug-likeness (QED) is 0.0675. The molecule has 0 fully saturated rings. The summed E-state index contributed by atoms with van der Waals surface area (Å²) < 4.78 is 75.7. The Hall–Kier alpha value is -3.93. The Kier molecular flexibility index (Phi) is 12.5. The number of hydrogen-bond acceptors (Lipinski definition) is 10. The summed E-state index contributed by atoms with van der Waals surface area (Å²) in [7, 11) is 0. The van der Waals surface area contributed by atoms with Gasteiger partial charge in [-0.05, 0) is 72.9 Å². The van der Waals surface area contributed by atoms with Gasteiger partial charge in [0.2, 0.25) is 0 Å². The highest BCUT2D eigenvalue weighted by molar-refractivity contribution is 7.74. The van der Waals surface area contributed by atoms with E-state index in [9.17, 15) is 37.6 Å². The molecular formula is C29H32O13S3. The topological polar surface area (TPSA) is 221 Å². The number of phenolic OH excluding ortho intramolecular Hbond substituents is 3. The maximum Gasteiger partial charge on any atom is 0.357 e. The van der Waals surface area contributed by atoms with E-state index in [0.717, 1.165) is 0 Å². The fourth-order valence-corrected chi connectivity index (χ4v) is 5.40. The van der Waals surface area contributed by atoms with E-state index >= 15 is 0 Å². The predicted octanol–water partition coefficient (Wildman–Crippen LogP) is 5.01. The van der Waals surface area contributed by atoms with Gasteiger partial charge in [-0.1, -0.05) is 25.1 Å². The second-order valence-corrected chi connectivity index (χ2v) is 11.6. The van der Waals surface area contributed by atoms with Crippen LogP contribution < -0.4 is 8.37 Å². The number of aromatic hydroxyl groups is 3. The van der Waals surface area contributed by atoms with Gasteiger partial charge in [-0.25, -0.2) is 0 Å². The molecule has 0 heterocycles. The van der Waals surface area contributed by atoms with Crippen molar-refractivity contribution in [1.82, 2.24) is 0 Å². The molecule has 3 aromatic rings. The number of benzene rings is 3. The molecular weight excluding hydrogens is 653 g/mol. The molecule has 3 rings (SSSR count). The molecule has 0 aromatic heterocycles. The van der Waals surface area contributed by atoms with E-state index in [4.69, 9.17) is 21.7 Å². The van der Waals surface area contributed by atoms with E-state index in [0.29, 0.717) is 28.7 Å². The van der Waals surface area contributed by atoms with Crippen LogP contribution in [0.4, 0.5) is 0 Å². The maximum atomic E-state index is 11.5. The Balaban J connectivity index is 2.05. The van der Waals surface area contributed by atoms with E-state index in [2.05, 4.69) is 0 Å². The smallest absolute Gasteiger partial charge is 0.357 e. The Bertz CT molecular complexity index is 1700. The van der Waals surface area contributed by atoms with Gasteiger partial charge in [0, 0.05) is 36.0 Å². The molecule has 0 aliphatic heterocycles. The molecule has 0 saturated carbocycles. The highest BCUT2D eigenvalue weighted by Crippen LogP contribution is 2.38. The van der Waals surface area contributed by atoms with Crippen LogP contribution in [0.2, 0.25) is 0 Å². The summed E-state index contributed by atoms with van der Waals surface area (Å²) >= 11 is -7.92. The summed E-state index contributed by atoms with van der Waals surface area (Å²) in [5.74, 6) is -0.771. The van der Waals surface area contributed by atoms with Crippen molar-refractivity contribution in [2.24, 2.45) is 0 Å². The fourth-order valence-electron chi connectivity index (χ4n) is 4.60. The number of allylic oxidation sites excluding steroid dienone is 4. The monoisotopic (exact) mass is 684 g/mol. The van der Waals surface area contributed by atoms with E-state index in [1.807, 2.05) is 0 Å². The first-order valence-electron chi connectivity index (χ1n) is 13.1. The minimum Gasteiger partial charge on any atom is -0.512 e. The van der Waals surface area contributed by atoms with Crippen molar-refractivity contribution in [1.29, 1.82) is 0 Å². The minimum absolute atomic E-state index is 0.000720. The first kappa shape index (κ1) is 35.5. The lowest BCUT2D eigenvalue weighted by molar-refractivity contribution is 0.385. The van der Waals surface area contributed by atoms with Gasteiger partial charge in [0.05, 0.1) is 5.76 Å². The summed E-state index contributed by atoms with van der Waals surface area (Å²) in [5.41, 5.74) is 1.96. The van der Waals surface area contributed by atoms with Crippen molar-refractivity contribution in [3.8, 4) is 28.7 Å². The number of rotatable bonds is 14. The SMILES string of the molecule is CCc1cc(OS(=O)O)cc(Cc2cc(OS(=O)O)cc(Cc3cccc(CC(/C=C(\C)OS(=O)O)=C(/C)O)c3O)c2O)c1O. The van der Waals surface area contributed by atoms with E-state index in [-0.39, 0.29) is 76.2 Å². The van der Waals surface area contributed by atoms with Gasteiger partial charge in [-0.3, -0.25) is 13.7 Å². The van der Waals surface area contributed by atoms with Crippen LogP contribution in [0, 0.1) is 0 Å². The molecule has 244 valence electrons. The van der Waals surface area contributed by atoms with Crippen LogP contribution in [0.1, 0.15) is 54.2 Å². The molecule has 0 bridgehead atoms. The first-order chi connectivity index (χ1) is 21.2. The van der Waals surface area contributed by atoms with Gasteiger partial charge < -0.3 is 33.0 Å².